The molecular formula is C14H19N5. The summed E-state index contributed by atoms with van der Waals surface area (Å²) in [6.45, 7) is 6.06. The number of hydrogen-bond donors (Lipinski definition) is 0. The number of hydrogen-bond acceptors (Lipinski definition) is 4. The standard InChI is InChI=1S/C14H19N5/c1-11-9-14(17-12(2)16-11)18-6-3-13(4-7-18)19-8-5-15-10-19/h5,8-10,13H,3-4,6-7H2,1-2H3. The second-order valence-corrected chi connectivity index (χ2v) is 5.14. The van der Waals surface area contributed by atoms with Crippen LogP contribution in [0.25, 0.3) is 0 Å². The zero-order valence-electron chi connectivity index (χ0n) is 11.5. The van der Waals surface area contributed by atoms with Gasteiger partial charge < -0.3 is 9.47 Å². The van der Waals surface area contributed by atoms with Crippen LogP contribution in [0.3, 0.4) is 0 Å². The molecule has 0 N–H and O–H groups in total. The van der Waals surface area contributed by atoms with Gasteiger partial charge in [-0.15, -0.1) is 0 Å². The van der Waals surface area contributed by atoms with Crippen LogP contribution in [0.4, 0.5) is 5.82 Å². The smallest absolute Gasteiger partial charge is 0.132 e. The highest BCUT2D eigenvalue weighted by Gasteiger charge is 2.21. The van der Waals surface area contributed by atoms with Crippen molar-refractivity contribution in [1.82, 2.24) is 19.5 Å². The van der Waals surface area contributed by atoms with Crippen LogP contribution < -0.4 is 4.90 Å². The molecule has 1 fully saturated rings. The number of imidazole rings is 1. The van der Waals surface area contributed by atoms with Gasteiger partial charge in [0, 0.05) is 43.3 Å². The number of anilines is 1. The summed E-state index contributed by atoms with van der Waals surface area (Å²) in [7, 11) is 0. The molecule has 19 heavy (non-hydrogen) atoms. The molecule has 5 nitrogen and oxygen atoms in total. The van der Waals surface area contributed by atoms with Gasteiger partial charge in [-0.3, -0.25) is 0 Å². The van der Waals surface area contributed by atoms with E-state index in [1.54, 1.807) is 0 Å². The Morgan fingerprint density at radius 2 is 1.95 bits per heavy atom. The van der Waals surface area contributed by atoms with Crippen molar-refractivity contribution >= 4 is 5.82 Å². The summed E-state index contributed by atoms with van der Waals surface area (Å²) in [5, 5.41) is 0. The largest absolute Gasteiger partial charge is 0.356 e. The maximum absolute atomic E-state index is 4.54. The molecular weight excluding hydrogens is 238 g/mol. The van der Waals surface area contributed by atoms with E-state index >= 15 is 0 Å². The SMILES string of the molecule is Cc1cc(N2CCC(n3ccnc3)CC2)nc(C)n1. The average molecular weight is 257 g/mol. The third-order valence-corrected chi connectivity index (χ3v) is 3.69. The molecule has 0 bridgehead atoms. The van der Waals surface area contributed by atoms with Crippen LogP contribution in [0.15, 0.2) is 24.8 Å². The Bertz CT molecular complexity index is 521. The fourth-order valence-corrected chi connectivity index (χ4v) is 2.74. The van der Waals surface area contributed by atoms with Gasteiger partial charge in [0.2, 0.25) is 0 Å². The Morgan fingerprint density at radius 1 is 1.16 bits per heavy atom. The van der Waals surface area contributed by atoms with Gasteiger partial charge in [0.1, 0.15) is 11.6 Å². The summed E-state index contributed by atoms with van der Waals surface area (Å²) in [5.74, 6) is 1.92. The second-order valence-electron chi connectivity index (χ2n) is 5.14. The first kappa shape index (κ1) is 12.1. The molecule has 2 aromatic rings. The van der Waals surface area contributed by atoms with Crippen LogP contribution in [0.2, 0.25) is 0 Å². The van der Waals surface area contributed by atoms with Crippen LogP contribution in [-0.4, -0.2) is 32.6 Å². The summed E-state index contributed by atoms with van der Waals surface area (Å²) in [6, 6.07) is 2.65. The first-order valence-electron chi connectivity index (χ1n) is 6.77. The fourth-order valence-electron chi connectivity index (χ4n) is 2.74. The lowest BCUT2D eigenvalue weighted by Gasteiger charge is -2.33. The molecule has 0 unspecified atom stereocenters. The van der Waals surface area contributed by atoms with E-state index in [1.807, 2.05) is 26.4 Å². The van der Waals surface area contributed by atoms with Gasteiger partial charge in [0.15, 0.2) is 0 Å². The van der Waals surface area contributed by atoms with E-state index in [-0.39, 0.29) is 0 Å². The molecule has 1 aliphatic rings. The molecule has 0 amide bonds. The molecule has 3 heterocycles. The lowest BCUT2D eigenvalue weighted by atomic mass is 10.0. The Balaban J connectivity index is 1.70. The summed E-state index contributed by atoms with van der Waals surface area (Å²) < 4.78 is 2.22. The Morgan fingerprint density at radius 3 is 2.58 bits per heavy atom. The van der Waals surface area contributed by atoms with Crippen molar-refractivity contribution < 1.29 is 0 Å². The van der Waals surface area contributed by atoms with Gasteiger partial charge in [0.25, 0.3) is 0 Å². The van der Waals surface area contributed by atoms with Crippen molar-refractivity contribution in [1.29, 1.82) is 0 Å². The summed E-state index contributed by atoms with van der Waals surface area (Å²) in [5.41, 5.74) is 1.04. The molecule has 3 rings (SSSR count). The van der Waals surface area contributed by atoms with Gasteiger partial charge >= 0.3 is 0 Å². The van der Waals surface area contributed by atoms with Gasteiger partial charge in [-0.2, -0.15) is 0 Å². The Labute approximate surface area is 113 Å². The number of piperidine rings is 1. The highest BCUT2D eigenvalue weighted by molar-refractivity contribution is 5.40. The first-order chi connectivity index (χ1) is 9.22. The van der Waals surface area contributed by atoms with Crippen molar-refractivity contribution in [3.05, 3.63) is 36.3 Å². The Hall–Kier alpha value is -1.91. The first-order valence-corrected chi connectivity index (χ1v) is 6.77. The topological polar surface area (TPSA) is 46.8 Å². The lowest BCUT2D eigenvalue weighted by molar-refractivity contribution is 0.394. The summed E-state index contributed by atoms with van der Waals surface area (Å²) in [6.07, 6.45) is 8.10. The molecule has 1 aliphatic heterocycles. The molecule has 0 atom stereocenters. The molecule has 2 aromatic heterocycles. The van der Waals surface area contributed by atoms with Gasteiger partial charge in [-0.1, -0.05) is 0 Å². The molecule has 5 heteroatoms. The van der Waals surface area contributed by atoms with E-state index in [0.29, 0.717) is 6.04 Å². The minimum atomic E-state index is 0.572. The van der Waals surface area contributed by atoms with Crippen molar-refractivity contribution in [3.63, 3.8) is 0 Å². The van der Waals surface area contributed by atoms with Gasteiger partial charge in [-0.05, 0) is 26.7 Å². The van der Waals surface area contributed by atoms with E-state index in [2.05, 4.69) is 36.7 Å². The zero-order valence-corrected chi connectivity index (χ0v) is 11.5. The predicted octanol–water partition coefficient (Wildman–Crippen LogP) is 2.13. The third-order valence-electron chi connectivity index (χ3n) is 3.69. The van der Waals surface area contributed by atoms with E-state index in [0.717, 1.165) is 43.3 Å². The highest BCUT2D eigenvalue weighted by atomic mass is 15.2. The van der Waals surface area contributed by atoms with Gasteiger partial charge in [-0.25, -0.2) is 15.0 Å². The quantitative estimate of drug-likeness (QED) is 0.827. The molecule has 100 valence electrons. The number of aryl methyl sites for hydroxylation is 2. The number of rotatable bonds is 2. The number of nitrogens with zero attached hydrogens (tertiary/aromatic N) is 5. The van der Waals surface area contributed by atoms with E-state index in [4.69, 9.17) is 0 Å². The second kappa shape index (κ2) is 4.99. The van der Waals surface area contributed by atoms with Crippen LogP contribution >= 0.6 is 0 Å². The number of aromatic nitrogens is 4. The molecule has 1 saturated heterocycles. The maximum atomic E-state index is 4.54. The van der Waals surface area contributed by atoms with Crippen molar-refractivity contribution in [2.75, 3.05) is 18.0 Å². The predicted molar refractivity (Wildman–Crippen MR) is 74.2 cm³/mol. The van der Waals surface area contributed by atoms with Crippen LogP contribution in [0.5, 0.6) is 0 Å². The van der Waals surface area contributed by atoms with E-state index in [1.165, 1.54) is 0 Å². The molecule has 0 radical (unpaired) electrons. The highest BCUT2D eigenvalue weighted by Crippen LogP contribution is 2.25. The van der Waals surface area contributed by atoms with E-state index in [9.17, 15) is 0 Å². The normalized spacial score (nSPS) is 16.8. The third kappa shape index (κ3) is 2.59. The van der Waals surface area contributed by atoms with Crippen molar-refractivity contribution in [2.45, 2.75) is 32.7 Å². The molecule has 0 aromatic carbocycles. The fraction of sp³-hybridized carbons (Fsp3) is 0.500. The minimum Gasteiger partial charge on any atom is -0.356 e. The van der Waals surface area contributed by atoms with Crippen molar-refractivity contribution in [2.24, 2.45) is 0 Å². The average Bonchev–Trinajstić information content (AvgIpc) is 2.91. The van der Waals surface area contributed by atoms with Crippen LogP contribution in [0.1, 0.15) is 30.4 Å². The maximum Gasteiger partial charge on any atom is 0.132 e. The zero-order chi connectivity index (χ0) is 13.2. The summed E-state index contributed by atoms with van der Waals surface area (Å²) in [4.78, 5) is 15.4. The Kier molecular flexibility index (Phi) is 3.19. The van der Waals surface area contributed by atoms with Crippen molar-refractivity contribution in [3.8, 4) is 0 Å². The summed E-state index contributed by atoms with van der Waals surface area (Å²) >= 11 is 0. The van der Waals surface area contributed by atoms with Gasteiger partial charge in [0.05, 0.1) is 6.33 Å². The molecule has 0 aliphatic carbocycles. The lowest BCUT2D eigenvalue weighted by Crippen LogP contribution is -2.35. The van der Waals surface area contributed by atoms with Crippen LogP contribution in [0, 0.1) is 13.8 Å². The van der Waals surface area contributed by atoms with Crippen LogP contribution in [-0.2, 0) is 0 Å². The molecule has 0 spiro atoms. The minimum absolute atomic E-state index is 0.572. The molecule has 0 saturated carbocycles. The van der Waals surface area contributed by atoms with E-state index < -0.39 is 0 Å². The monoisotopic (exact) mass is 257 g/mol.